The molecule has 82 valence electrons. The summed E-state index contributed by atoms with van der Waals surface area (Å²) in [6, 6.07) is 0.838. The summed E-state index contributed by atoms with van der Waals surface area (Å²) in [6.07, 6.45) is 7.17. The standard InChI is InChI=1S/C12H23NS/c1-2-12(11-3-4-11)13-9-10-5-7-14-8-6-10/h10-13H,2-9H2,1H3. The first-order valence-corrected chi connectivity index (χ1v) is 7.36. The molecule has 0 spiro atoms. The number of hydrogen-bond acceptors (Lipinski definition) is 2. The lowest BCUT2D eigenvalue weighted by Gasteiger charge is -2.24. The molecule has 14 heavy (non-hydrogen) atoms. The fraction of sp³-hybridized carbons (Fsp3) is 1.00. The second-order valence-corrected chi connectivity index (χ2v) is 6.04. The molecule has 0 bridgehead atoms. The zero-order valence-corrected chi connectivity index (χ0v) is 10.1. The first kappa shape index (κ1) is 10.8. The molecule has 2 aliphatic rings. The van der Waals surface area contributed by atoms with Crippen molar-refractivity contribution >= 4 is 11.8 Å². The van der Waals surface area contributed by atoms with Gasteiger partial charge in [-0.2, -0.15) is 11.8 Å². The van der Waals surface area contributed by atoms with Crippen LogP contribution in [0.3, 0.4) is 0 Å². The molecule has 1 aliphatic heterocycles. The van der Waals surface area contributed by atoms with Gasteiger partial charge < -0.3 is 5.32 Å². The van der Waals surface area contributed by atoms with Gasteiger partial charge in [-0.3, -0.25) is 0 Å². The third-order valence-corrected chi connectivity index (χ3v) is 4.69. The number of thioether (sulfide) groups is 1. The minimum absolute atomic E-state index is 0.838. The third-order valence-electron chi connectivity index (χ3n) is 3.64. The van der Waals surface area contributed by atoms with E-state index in [0.29, 0.717) is 0 Å². The first-order valence-electron chi connectivity index (χ1n) is 6.21. The second kappa shape index (κ2) is 5.41. The minimum Gasteiger partial charge on any atom is -0.313 e. The van der Waals surface area contributed by atoms with Gasteiger partial charge in [-0.05, 0) is 62.0 Å². The predicted molar refractivity (Wildman–Crippen MR) is 64.9 cm³/mol. The quantitative estimate of drug-likeness (QED) is 0.753. The molecular weight excluding hydrogens is 190 g/mol. The molecule has 1 aliphatic carbocycles. The van der Waals surface area contributed by atoms with Crippen molar-refractivity contribution in [2.24, 2.45) is 11.8 Å². The van der Waals surface area contributed by atoms with Crippen molar-refractivity contribution in [2.45, 2.75) is 45.1 Å². The summed E-state index contributed by atoms with van der Waals surface area (Å²) in [5.41, 5.74) is 0. The van der Waals surface area contributed by atoms with Gasteiger partial charge in [0.15, 0.2) is 0 Å². The Kier molecular flexibility index (Phi) is 4.18. The van der Waals surface area contributed by atoms with Crippen molar-refractivity contribution in [3.05, 3.63) is 0 Å². The lowest BCUT2D eigenvalue weighted by molar-refractivity contribution is 0.378. The average molecular weight is 213 g/mol. The third kappa shape index (κ3) is 3.16. The highest BCUT2D eigenvalue weighted by Gasteiger charge is 2.29. The van der Waals surface area contributed by atoms with E-state index in [0.717, 1.165) is 17.9 Å². The molecule has 0 aromatic carbocycles. The fourth-order valence-electron chi connectivity index (χ4n) is 2.41. The first-order chi connectivity index (χ1) is 6.90. The van der Waals surface area contributed by atoms with Gasteiger partial charge in [0, 0.05) is 6.04 Å². The molecule has 0 radical (unpaired) electrons. The van der Waals surface area contributed by atoms with Crippen molar-refractivity contribution in [1.29, 1.82) is 0 Å². The Balaban J connectivity index is 1.63. The topological polar surface area (TPSA) is 12.0 Å². The summed E-state index contributed by atoms with van der Waals surface area (Å²) in [6.45, 7) is 3.61. The van der Waals surface area contributed by atoms with Gasteiger partial charge in [-0.15, -0.1) is 0 Å². The number of nitrogens with one attached hydrogen (secondary N) is 1. The number of hydrogen-bond donors (Lipinski definition) is 1. The molecule has 1 atom stereocenters. The normalized spacial score (nSPS) is 26.4. The molecule has 0 amide bonds. The predicted octanol–water partition coefficient (Wildman–Crippen LogP) is 2.91. The summed E-state index contributed by atoms with van der Waals surface area (Å²) >= 11 is 2.13. The molecule has 2 heteroatoms. The van der Waals surface area contributed by atoms with Crippen LogP contribution in [-0.2, 0) is 0 Å². The van der Waals surface area contributed by atoms with Gasteiger partial charge in [0.25, 0.3) is 0 Å². The highest BCUT2D eigenvalue weighted by molar-refractivity contribution is 7.99. The van der Waals surface area contributed by atoms with E-state index in [1.807, 2.05) is 0 Å². The average Bonchev–Trinajstić information content (AvgIpc) is 3.05. The zero-order chi connectivity index (χ0) is 9.80. The van der Waals surface area contributed by atoms with E-state index in [1.54, 1.807) is 0 Å². The Bertz CT molecular complexity index is 162. The van der Waals surface area contributed by atoms with E-state index >= 15 is 0 Å². The molecule has 1 unspecified atom stereocenters. The van der Waals surface area contributed by atoms with Crippen LogP contribution in [0.4, 0.5) is 0 Å². The maximum absolute atomic E-state index is 3.79. The summed E-state index contributed by atoms with van der Waals surface area (Å²) < 4.78 is 0. The maximum Gasteiger partial charge on any atom is 0.00928 e. The van der Waals surface area contributed by atoms with Crippen LogP contribution in [0, 0.1) is 11.8 Å². The van der Waals surface area contributed by atoms with Crippen LogP contribution in [0.1, 0.15) is 39.0 Å². The van der Waals surface area contributed by atoms with Crippen molar-refractivity contribution in [3.63, 3.8) is 0 Å². The van der Waals surface area contributed by atoms with Crippen LogP contribution in [0.25, 0.3) is 0 Å². The smallest absolute Gasteiger partial charge is 0.00928 e. The largest absolute Gasteiger partial charge is 0.313 e. The van der Waals surface area contributed by atoms with Crippen molar-refractivity contribution in [2.75, 3.05) is 18.1 Å². The van der Waals surface area contributed by atoms with Crippen LogP contribution in [0.5, 0.6) is 0 Å². The van der Waals surface area contributed by atoms with Crippen LogP contribution in [0.2, 0.25) is 0 Å². The van der Waals surface area contributed by atoms with Gasteiger partial charge in [-0.1, -0.05) is 6.92 Å². The van der Waals surface area contributed by atoms with Gasteiger partial charge in [-0.25, -0.2) is 0 Å². The Hall–Kier alpha value is 0.310. The molecule has 2 rings (SSSR count). The summed E-state index contributed by atoms with van der Waals surface area (Å²) in [5, 5.41) is 3.79. The fourth-order valence-corrected chi connectivity index (χ4v) is 3.62. The molecular formula is C12H23NS. The van der Waals surface area contributed by atoms with E-state index in [4.69, 9.17) is 0 Å². The lowest BCUT2D eigenvalue weighted by Crippen LogP contribution is -2.35. The van der Waals surface area contributed by atoms with Gasteiger partial charge in [0.1, 0.15) is 0 Å². The number of rotatable bonds is 5. The summed E-state index contributed by atoms with van der Waals surface area (Å²) in [4.78, 5) is 0. The summed E-state index contributed by atoms with van der Waals surface area (Å²) in [7, 11) is 0. The van der Waals surface area contributed by atoms with Crippen LogP contribution in [-0.4, -0.2) is 24.1 Å². The zero-order valence-electron chi connectivity index (χ0n) is 9.30. The molecule has 2 fully saturated rings. The molecule has 1 N–H and O–H groups in total. The van der Waals surface area contributed by atoms with E-state index in [-0.39, 0.29) is 0 Å². The highest BCUT2D eigenvalue weighted by atomic mass is 32.2. The van der Waals surface area contributed by atoms with E-state index in [2.05, 4.69) is 24.0 Å². The Labute approximate surface area is 92.4 Å². The van der Waals surface area contributed by atoms with Gasteiger partial charge in [0.2, 0.25) is 0 Å². The Morgan fingerprint density at radius 1 is 1.21 bits per heavy atom. The van der Waals surface area contributed by atoms with Gasteiger partial charge >= 0.3 is 0 Å². The van der Waals surface area contributed by atoms with Crippen LogP contribution >= 0.6 is 11.8 Å². The maximum atomic E-state index is 3.79. The monoisotopic (exact) mass is 213 g/mol. The molecule has 1 nitrogen and oxygen atoms in total. The molecule has 0 aromatic heterocycles. The van der Waals surface area contributed by atoms with Crippen molar-refractivity contribution in [1.82, 2.24) is 5.32 Å². The van der Waals surface area contributed by atoms with E-state index in [9.17, 15) is 0 Å². The summed E-state index contributed by atoms with van der Waals surface area (Å²) in [5.74, 6) is 4.79. The van der Waals surface area contributed by atoms with E-state index < -0.39 is 0 Å². The Morgan fingerprint density at radius 3 is 2.50 bits per heavy atom. The SMILES string of the molecule is CCC(NCC1CCSCC1)C1CC1. The van der Waals surface area contributed by atoms with Gasteiger partial charge in [0.05, 0.1) is 0 Å². The highest BCUT2D eigenvalue weighted by Crippen LogP contribution is 2.34. The van der Waals surface area contributed by atoms with Crippen LogP contribution < -0.4 is 5.32 Å². The second-order valence-electron chi connectivity index (χ2n) is 4.82. The molecule has 1 saturated heterocycles. The van der Waals surface area contributed by atoms with E-state index in [1.165, 1.54) is 50.2 Å². The van der Waals surface area contributed by atoms with Crippen LogP contribution in [0.15, 0.2) is 0 Å². The lowest BCUT2D eigenvalue weighted by atomic mass is 10.0. The molecule has 1 saturated carbocycles. The molecule has 1 heterocycles. The molecule has 0 aromatic rings. The minimum atomic E-state index is 0.838. The van der Waals surface area contributed by atoms with Crippen molar-refractivity contribution < 1.29 is 0 Å². The van der Waals surface area contributed by atoms with Crippen molar-refractivity contribution in [3.8, 4) is 0 Å². The Morgan fingerprint density at radius 2 is 1.93 bits per heavy atom.